The molecule has 3 atom stereocenters. The molecule has 5 N–H and O–H groups in total. The summed E-state index contributed by atoms with van der Waals surface area (Å²) in [6.07, 6.45) is -1.16. The van der Waals surface area contributed by atoms with Gasteiger partial charge in [-0.15, -0.1) is 0 Å². The fraction of sp³-hybridized carbons (Fsp3) is 0.353. The van der Waals surface area contributed by atoms with Crippen LogP contribution >= 0.6 is 11.8 Å². The Hall–Kier alpha value is -2.49. The Morgan fingerprint density at radius 2 is 2.19 bits per heavy atom. The summed E-state index contributed by atoms with van der Waals surface area (Å²) < 4.78 is 39.2. The minimum atomic E-state index is -4.16. The summed E-state index contributed by atoms with van der Waals surface area (Å²) in [6.45, 7) is -0.418. The molecule has 2 aromatic heterocycles. The molecule has 3 heterocycles. The summed E-state index contributed by atoms with van der Waals surface area (Å²) in [7, 11) is -2.58. The van der Waals surface area contributed by atoms with Crippen LogP contribution in [-0.2, 0) is 19.2 Å². The smallest absolute Gasteiger partial charge is 0.333 e. The standard InChI is InChI=1S/C17H20N6O6S2/c1-27-9-3-2-4-10(5-9)30-17-14-15(18)20-8-21-16(14)23(22-17)13-6-11(24)12(29-13)7-28-31(19,25)26/h2-5,8,11-13,24H,6-7H2,1H3,(H2,18,20,21)(H2,19,25,26)/t11-,12+,13+/m0/s1. The van der Waals surface area contributed by atoms with Crippen LogP contribution in [-0.4, -0.2) is 59.2 Å². The maximum Gasteiger partial charge on any atom is 0.333 e. The first-order valence-electron chi connectivity index (χ1n) is 9.06. The van der Waals surface area contributed by atoms with Crippen LogP contribution < -0.4 is 15.6 Å². The zero-order chi connectivity index (χ0) is 22.2. The van der Waals surface area contributed by atoms with Crippen molar-refractivity contribution in [1.82, 2.24) is 19.7 Å². The Balaban J connectivity index is 1.65. The summed E-state index contributed by atoms with van der Waals surface area (Å²) in [5.74, 6) is 0.937. The van der Waals surface area contributed by atoms with Crippen LogP contribution in [0.1, 0.15) is 12.6 Å². The molecular weight excluding hydrogens is 448 g/mol. The molecule has 1 aliphatic rings. The molecule has 4 rings (SSSR count). The molecule has 1 saturated heterocycles. The lowest BCUT2D eigenvalue weighted by atomic mass is 10.2. The van der Waals surface area contributed by atoms with E-state index in [4.69, 9.17) is 20.3 Å². The lowest BCUT2D eigenvalue weighted by molar-refractivity contribution is -0.0415. The van der Waals surface area contributed by atoms with Gasteiger partial charge in [-0.3, -0.25) is 4.18 Å². The van der Waals surface area contributed by atoms with E-state index in [0.717, 1.165) is 4.90 Å². The van der Waals surface area contributed by atoms with Crippen molar-refractivity contribution in [2.75, 3.05) is 19.5 Å². The Bertz CT molecular complexity index is 1200. The van der Waals surface area contributed by atoms with Gasteiger partial charge < -0.3 is 20.3 Å². The number of aromatic nitrogens is 4. The number of anilines is 1. The second-order valence-electron chi connectivity index (χ2n) is 6.70. The van der Waals surface area contributed by atoms with Gasteiger partial charge in [-0.05, 0) is 18.2 Å². The van der Waals surface area contributed by atoms with Gasteiger partial charge in [-0.1, -0.05) is 17.8 Å². The molecule has 0 spiro atoms. The zero-order valence-electron chi connectivity index (χ0n) is 16.3. The third kappa shape index (κ3) is 4.73. The highest BCUT2D eigenvalue weighted by atomic mass is 32.2. The largest absolute Gasteiger partial charge is 0.497 e. The summed E-state index contributed by atoms with van der Waals surface area (Å²) in [5.41, 5.74) is 6.52. The van der Waals surface area contributed by atoms with E-state index in [9.17, 15) is 13.5 Å². The van der Waals surface area contributed by atoms with E-state index in [1.807, 2.05) is 24.3 Å². The predicted molar refractivity (Wildman–Crippen MR) is 110 cm³/mol. The molecule has 31 heavy (non-hydrogen) atoms. The van der Waals surface area contributed by atoms with Crippen molar-refractivity contribution in [3.63, 3.8) is 0 Å². The molecule has 0 aliphatic carbocycles. The van der Waals surface area contributed by atoms with Crippen molar-refractivity contribution >= 4 is 38.9 Å². The van der Waals surface area contributed by atoms with Crippen molar-refractivity contribution in [2.45, 2.75) is 34.8 Å². The van der Waals surface area contributed by atoms with Crippen LogP contribution in [0.4, 0.5) is 5.82 Å². The van der Waals surface area contributed by atoms with E-state index in [2.05, 4.69) is 19.2 Å². The number of nitrogens with zero attached hydrogens (tertiary/aromatic N) is 4. The fourth-order valence-electron chi connectivity index (χ4n) is 3.19. The Morgan fingerprint density at radius 1 is 1.39 bits per heavy atom. The van der Waals surface area contributed by atoms with Crippen LogP contribution in [0.15, 0.2) is 40.5 Å². The Morgan fingerprint density at radius 3 is 2.94 bits per heavy atom. The number of hydrogen-bond acceptors (Lipinski definition) is 11. The number of nitrogen functional groups attached to an aromatic ring is 1. The van der Waals surface area contributed by atoms with Gasteiger partial charge in [-0.25, -0.2) is 19.8 Å². The molecular formula is C17H20N6O6S2. The van der Waals surface area contributed by atoms with Crippen molar-refractivity contribution in [3.8, 4) is 5.75 Å². The highest BCUT2D eigenvalue weighted by Crippen LogP contribution is 2.38. The number of methoxy groups -OCH3 is 1. The summed E-state index contributed by atoms with van der Waals surface area (Å²) in [6, 6.07) is 7.43. The van der Waals surface area contributed by atoms with Gasteiger partial charge in [0, 0.05) is 11.3 Å². The predicted octanol–water partition coefficient (Wildman–Crippen LogP) is 0.437. The van der Waals surface area contributed by atoms with Crippen molar-refractivity contribution in [3.05, 3.63) is 30.6 Å². The number of aliphatic hydroxyl groups is 1. The molecule has 12 nitrogen and oxygen atoms in total. The molecule has 0 amide bonds. The molecule has 0 unspecified atom stereocenters. The van der Waals surface area contributed by atoms with Crippen molar-refractivity contribution < 1.29 is 27.2 Å². The molecule has 3 aromatic rings. The monoisotopic (exact) mass is 468 g/mol. The number of fused-ring (bicyclic) bond motifs is 1. The third-order valence-corrected chi connectivity index (χ3v) is 6.05. The average Bonchev–Trinajstić information content (AvgIpc) is 3.27. The van der Waals surface area contributed by atoms with Crippen LogP contribution in [0.2, 0.25) is 0 Å². The van der Waals surface area contributed by atoms with Crippen molar-refractivity contribution in [2.24, 2.45) is 5.14 Å². The molecule has 1 aromatic carbocycles. The van der Waals surface area contributed by atoms with E-state index in [1.165, 1.54) is 22.8 Å². The number of nitrogens with two attached hydrogens (primary N) is 2. The summed E-state index contributed by atoms with van der Waals surface area (Å²) in [4.78, 5) is 9.20. The SMILES string of the molecule is COc1cccc(Sc2nn([C@H]3C[C@H](O)[C@@H](COS(N)(=O)=O)O3)c3ncnc(N)c23)c1. The van der Waals surface area contributed by atoms with Gasteiger partial charge in [0.1, 0.15) is 29.0 Å². The third-order valence-electron chi connectivity index (χ3n) is 4.62. The Labute approximate surface area is 181 Å². The Kier molecular flexibility index (Phi) is 6.00. The first-order valence-corrected chi connectivity index (χ1v) is 11.3. The molecule has 1 aliphatic heterocycles. The van der Waals surface area contributed by atoms with E-state index in [0.29, 0.717) is 21.8 Å². The van der Waals surface area contributed by atoms with Gasteiger partial charge in [0.15, 0.2) is 11.9 Å². The van der Waals surface area contributed by atoms with Gasteiger partial charge in [-0.2, -0.15) is 13.5 Å². The van der Waals surface area contributed by atoms with E-state index in [1.54, 1.807) is 7.11 Å². The average molecular weight is 469 g/mol. The highest BCUT2D eigenvalue weighted by molar-refractivity contribution is 7.99. The number of benzene rings is 1. The van der Waals surface area contributed by atoms with E-state index >= 15 is 0 Å². The molecule has 1 fully saturated rings. The van der Waals surface area contributed by atoms with Gasteiger partial charge in [0.2, 0.25) is 0 Å². The summed E-state index contributed by atoms with van der Waals surface area (Å²) in [5, 5.41) is 20.8. The van der Waals surface area contributed by atoms with Crippen LogP contribution in [0.5, 0.6) is 5.75 Å². The normalized spacial score (nSPS) is 21.6. The lowest BCUT2D eigenvalue weighted by Gasteiger charge is -2.14. The molecule has 14 heteroatoms. The maximum absolute atomic E-state index is 11.0. The second-order valence-corrected chi connectivity index (χ2v) is 8.98. The number of aliphatic hydroxyl groups excluding tert-OH is 1. The van der Waals surface area contributed by atoms with Crippen LogP contribution in [0.3, 0.4) is 0 Å². The quantitative estimate of drug-likeness (QED) is 0.438. The van der Waals surface area contributed by atoms with Gasteiger partial charge in [0.05, 0.1) is 25.2 Å². The molecule has 0 bridgehead atoms. The minimum absolute atomic E-state index is 0.141. The van der Waals surface area contributed by atoms with Gasteiger partial charge >= 0.3 is 10.3 Å². The van der Waals surface area contributed by atoms with E-state index in [-0.39, 0.29) is 12.2 Å². The first-order chi connectivity index (χ1) is 14.7. The number of hydrogen-bond donors (Lipinski definition) is 3. The van der Waals surface area contributed by atoms with Crippen LogP contribution in [0.25, 0.3) is 11.0 Å². The zero-order valence-corrected chi connectivity index (χ0v) is 17.9. The van der Waals surface area contributed by atoms with E-state index < -0.39 is 35.3 Å². The van der Waals surface area contributed by atoms with Crippen molar-refractivity contribution in [1.29, 1.82) is 0 Å². The number of rotatable bonds is 7. The van der Waals surface area contributed by atoms with Crippen LogP contribution in [0, 0.1) is 0 Å². The molecule has 0 saturated carbocycles. The highest BCUT2D eigenvalue weighted by Gasteiger charge is 2.38. The first kappa shape index (κ1) is 21.7. The lowest BCUT2D eigenvalue weighted by Crippen LogP contribution is -2.30. The van der Waals surface area contributed by atoms with Gasteiger partial charge in [0.25, 0.3) is 0 Å². The maximum atomic E-state index is 11.0. The summed E-state index contributed by atoms with van der Waals surface area (Å²) >= 11 is 1.35. The minimum Gasteiger partial charge on any atom is -0.497 e. The number of ether oxygens (including phenoxy) is 2. The topological polar surface area (TPSA) is 178 Å². The fourth-order valence-corrected chi connectivity index (χ4v) is 4.48. The second kappa shape index (κ2) is 8.57. The molecule has 166 valence electrons. The molecule has 0 radical (unpaired) electrons.